The molecule has 0 bridgehead atoms. The second-order valence-electron chi connectivity index (χ2n) is 6.42. The first kappa shape index (κ1) is 16.9. The van der Waals surface area contributed by atoms with Gasteiger partial charge in [0.1, 0.15) is 11.9 Å². The maximum absolute atomic E-state index is 12.6. The number of piperidine rings is 1. The van der Waals surface area contributed by atoms with Gasteiger partial charge in [0.05, 0.1) is 19.1 Å². The number of hydrogen-bond acceptors (Lipinski definition) is 5. The standard InChI is InChI=1S/C17H24N4O3/c1-12-4-5-15(19-9-12)20-16(22)13-3-2-7-21(10-13)17(23)14-11-24-8-6-18-14/h4-5,9,13-14,18H,2-3,6-8,10-11H2,1H3,(H,19,20,22). The van der Waals surface area contributed by atoms with Crippen LogP contribution in [0.1, 0.15) is 18.4 Å². The molecule has 130 valence electrons. The van der Waals surface area contributed by atoms with E-state index in [9.17, 15) is 9.59 Å². The lowest BCUT2D eigenvalue weighted by Crippen LogP contribution is -2.55. The van der Waals surface area contributed by atoms with E-state index in [1.165, 1.54) is 0 Å². The van der Waals surface area contributed by atoms with E-state index >= 15 is 0 Å². The topological polar surface area (TPSA) is 83.6 Å². The highest BCUT2D eigenvalue weighted by Gasteiger charge is 2.32. The molecule has 3 heterocycles. The molecule has 2 amide bonds. The van der Waals surface area contributed by atoms with E-state index in [-0.39, 0.29) is 23.8 Å². The van der Waals surface area contributed by atoms with E-state index in [4.69, 9.17) is 4.74 Å². The van der Waals surface area contributed by atoms with Crippen LogP contribution in [0.3, 0.4) is 0 Å². The predicted molar refractivity (Wildman–Crippen MR) is 89.5 cm³/mol. The molecule has 0 saturated carbocycles. The summed E-state index contributed by atoms with van der Waals surface area (Å²) >= 11 is 0. The lowest BCUT2D eigenvalue weighted by atomic mass is 9.96. The number of morpholine rings is 1. The second kappa shape index (κ2) is 7.72. The van der Waals surface area contributed by atoms with Crippen LogP contribution in [0.4, 0.5) is 5.82 Å². The Labute approximate surface area is 141 Å². The van der Waals surface area contributed by atoms with Gasteiger partial charge in [-0.2, -0.15) is 0 Å². The molecule has 3 rings (SSSR count). The highest BCUT2D eigenvalue weighted by Crippen LogP contribution is 2.19. The molecule has 2 N–H and O–H groups in total. The number of carbonyl (C=O) groups excluding carboxylic acids is 2. The molecule has 2 unspecified atom stereocenters. The molecule has 1 aromatic rings. The number of aryl methyl sites for hydroxylation is 1. The van der Waals surface area contributed by atoms with Gasteiger partial charge in [-0.15, -0.1) is 0 Å². The molecule has 2 aliphatic rings. The maximum atomic E-state index is 12.6. The molecule has 0 radical (unpaired) electrons. The van der Waals surface area contributed by atoms with Crippen LogP contribution in [0.25, 0.3) is 0 Å². The monoisotopic (exact) mass is 332 g/mol. The number of amides is 2. The number of anilines is 1. The van der Waals surface area contributed by atoms with Crippen molar-refractivity contribution in [3.8, 4) is 0 Å². The van der Waals surface area contributed by atoms with Crippen molar-refractivity contribution >= 4 is 17.6 Å². The Morgan fingerprint density at radius 1 is 1.42 bits per heavy atom. The molecule has 0 spiro atoms. The van der Waals surface area contributed by atoms with Crippen LogP contribution >= 0.6 is 0 Å². The van der Waals surface area contributed by atoms with Gasteiger partial charge in [0.25, 0.3) is 0 Å². The summed E-state index contributed by atoms with van der Waals surface area (Å²) in [7, 11) is 0. The third kappa shape index (κ3) is 4.10. The van der Waals surface area contributed by atoms with Gasteiger partial charge in [-0.25, -0.2) is 4.98 Å². The molecule has 1 aromatic heterocycles. The first-order chi connectivity index (χ1) is 11.6. The fourth-order valence-corrected chi connectivity index (χ4v) is 3.11. The number of ether oxygens (including phenoxy) is 1. The molecule has 2 fully saturated rings. The Morgan fingerprint density at radius 3 is 3.00 bits per heavy atom. The number of nitrogens with one attached hydrogen (secondary N) is 2. The van der Waals surface area contributed by atoms with Gasteiger partial charge >= 0.3 is 0 Å². The van der Waals surface area contributed by atoms with Gasteiger partial charge in [0.2, 0.25) is 11.8 Å². The average molecular weight is 332 g/mol. The molecule has 2 atom stereocenters. The molecule has 7 nitrogen and oxygen atoms in total. The highest BCUT2D eigenvalue weighted by atomic mass is 16.5. The Bertz CT molecular complexity index is 584. The summed E-state index contributed by atoms with van der Waals surface area (Å²) in [6.45, 7) is 4.83. The third-order valence-corrected chi connectivity index (χ3v) is 4.49. The summed E-state index contributed by atoms with van der Waals surface area (Å²) in [5, 5.41) is 6.03. The van der Waals surface area contributed by atoms with Gasteiger partial charge in [-0.3, -0.25) is 9.59 Å². The third-order valence-electron chi connectivity index (χ3n) is 4.49. The summed E-state index contributed by atoms with van der Waals surface area (Å²) < 4.78 is 5.36. The smallest absolute Gasteiger partial charge is 0.242 e. The van der Waals surface area contributed by atoms with Crippen LogP contribution in [0.15, 0.2) is 18.3 Å². The highest BCUT2D eigenvalue weighted by molar-refractivity contribution is 5.92. The van der Waals surface area contributed by atoms with Crippen LogP contribution < -0.4 is 10.6 Å². The molecule has 0 aromatic carbocycles. The van der Waals surface area contributed by atoms with E-state index in [2.05, 4.69) is 15.6 Å². The predicted octanol–water partition coefficient (Wildman–Crippen LogP) is 0.556. The number of pyridine rings is 1. The number of likely N-dealkylation sites (tertiary alicyclic amines) is 1. The molecular formula is C17H24N4O3. The largest absolute Gasteiger partial charge is 0.378 e. The lowest BCUT2D eigenvalue weighted by molar-refractivity contribution is -0.139. The molecule has 2 aliphatic heterocycles. The molecule has 24 heavy (non-hydrogen) atoms. The van der Waals surface area contributed by atoms with Gasteiger partial charge in [-0.1, -0.05) is 6.07 Å². The number of aromatic nitrogens is 1. The molecular weight excluding hydrogens is 308 g/mol. The molecule has 2 saturated heterocycles. The number of carbonyl (C=O) groups is 2. The van der Waals surface area contributed by atoms with Crippen molar-refractivity contribution < 1.29 is 14.3 Å². The van der Waals surface area contributed by atoms with Crippen LogP contribution in [-0.4, -0.2) is 60.6 Å². The van der Waals surface area contributed by atoms with E-state index in [0.29, 0.717) is 38.7 Å². The van der Waals surface area contributed by atoms with Gasteiger partial charge in [0.15, 0.2) is 0 Å². The first-order valence-corrected chi connectivity index (χ1v) is 8.47. The minimum Gasteiger partial charge on any atom is -0.378 e. The fraction of sp³-hybridized carbons (Fsp3) is 0.588. The Balaban J connectivity index is 1.57. The van der Waals surface area contributed by atoms with Gasteiger partial charge < -0.3 is 20.3 Å². The van der Waals surface area contributed by atoms with Crippen molar-refractivity contribution in [3.05, 3.63) is 23.9 Å². The molecule has 7 heteroatoms. The Morgan fingerprint density at radius 2 is 2.29 bits per heavy atom. The number of rotatable bonds is 3. The van der Waals surface area contributed by atoms with Crippen molar-refractivity contribution in [2.24, 2.45) is 5.92 Å². The SMILES string of the molecule is Cc1ccc(NC(=O)C2CCCN(C(=O)C3COCCN3)C2)nc1. The normalized spacial score (nSPS) is 24.5. The first-order valence-electron chi connectivity index (χ1n) is 8.47. The zero-order valence-electron chi connectivity index (χ0n) is 14.0. The van der Waals surface area contributed by atoms with Crippen molar-refractivity contribution in [3.63, 3.8) is 0 Å². The zero-order chi connectivity index (χ0) is 16.9. The average Bonchev–Trinajstić information content (AvgIpc) is 2.64. The van der Waals surface area contributed by atoms with Gasteiger partial charge in [-0.05, 0) is 31.4 Å². The van der Waals surface area contributed by atoms with Crippen LogP contribution in [0.5, 0.6) is 0 Å². The summed E-state index contributed by atoms with van der Waals surface area (Å²) in [6, 6.07) is 3.41. The maximum Gasteiger partial charge on any atom is 0.242 e. The minimum absolute atomic E-state index is 0.0284. The van der Waals surface area contributed by atoms with E-state index in [1.807, 2.05) is 13.0 Å². The van der Waals surface area contributed by atoms with E-state index in [0.717, 1.165) is 18.4 Å². The van der Waals surface area contributed by atoms with Crippen molar-refractivity contribution in [1.82, 2.24) is 15.2 Å². The summed E-state index contributed by atoms with van der Waals surface area (Å²) in [6.07, 6.45) is 3.34. The zero-order valence-corrected chi connectivity index (χ0v) is 14.0. The van der Waals surface area contributed by atoms with Crippen molar-refractivity contribution in [2.75, 3.05) is 38.2 Å². The van der Waals surface area contributed by atoms with Crippen molar-refractivity contribution in [1.29, 1.82) is 0 Å². The van der Waals surface area contributed by atoms with Crippen LogP contribution in [0.2, 0.25) is 0 Å². The summed E-state index contributed by atoms with van der Waals surface area (Å²) in [5.41, 5.74) is 1.05. The van der Waals surface area contributed by atoms with Crippen LogP contribution in [-0.2, 0) is 14.3 Å². The Hall–Kier alpha value is -1.99. The van der Waals surface area contributed by atoms with E-state index in [1.54, 1.807) is 17.2 Å². The lowest BCUT2D eigenvalue weighted by Gasteiger charge is -2.35. The minimum atomic E-state index is -0.292. The number of hydrogen-bond donors (Lipinski definition) is 2. The van der Waals surface area contributed by atoms with Crippen LogP contribution in [0, 0.1) is 12.8 Å². The summed E-state index contributed by atoms with van der Waals surface area (Å²) in [4.78, 5) is 31.0. The molecule has 0 aliphatic carbocycles. The fourth-order valence-electron chi connectivity index (χ4n) is 3.11. The quantitative estimate of drug-likeness (QED) is 0.845. The second-order valence-corrected chi connectivity index (χ2v) is 6.42. The summed E-state index contributed by atoms with van der Waals surface area (Å²) in [5.74, 6) is 0.309. The van der Waals surface area contributed by atoms with E-state index < -0.39 is 0 Å². The number of nitrogens with zero attached hydrogens (tertiary/aromatic N) is 2. The Kier molecular flexibility index (Phi) is 5.42. The van der Waals surface area contributed by atoms with Gasteiger partial charge in [0, 0.05) is 25.8 Å². The van der Waals surface area contributed by atoms with Crippen molar-refractivity contribution in [2.45, 2.75) is 25.8 Å².